The molecule has 0 fully saturated rings. The Morgan fingerprint density at radius 3 is 2.56 bits per heavy atom. The Morgan fingerprint density at radius 1 is 1.25 bits per heavy atom. The van der Waals surface area contributed by atoms with Crippen molar-refractivity contribution in [1.29, 1.82) is 0 Å². The summed E-state index contributed by atoms with van der Waals surface area (Å²) in [5, 5.41) is 2.09. The van der Waals surface area contributed by atoms with Gasteiger partial charge in [-0.1, -0.05) is 28.1 Å². The fraction of sp³-hybridized carbons (Fsp3) is 0.231. The van der Waals surface area contributed by atoms with Gasteiger partial charge in [0.05, 0.1) is 6.04 Å². The maximum Gasteiger partial charge on any atom is 0.0562 e. The minimum atomic E-state index is -0.0157. The number of halogens is 1. The molecule has 2 aromatic rings. The van der Waals surface area contributed by atoms with Gasteiger partial charge in [0.2, 0.25) is 0 Å². The summed E-state index contributed by atoms with van der Waals surface area (Å²) >= 11 is 5.25. The quantitative estimate of drug-likeness (QED) is 0.884. The van der Waals surface area contributed by atoms with Crippen molar-refractivity contribution in [2.75, 3.05) is 0 Å². The van der Waals surface area contributed by atoms with E-state index in [1.807, 2.05) is 0 Å². The van der Waals surface area contributed by atoms with E-state index in [2.05, 4.69) is 59.4 Å². The highest BCUT2D eigenvalue weighted by molar-refractivity contribution is 9.10. The highest BCUT2D eigenvalue weighted by Gasteiger charge is 2.12. The van der Waals surface area contributed by atoms with Crippen molar-refractivity contribution in [3.05, 3.63) is 55.7 Å². The second kappa shape index (κ2) is 4.70. The third-order valence-corrected chi connectivity index (χ3v) is 4.53. The predicted molar refractivity (Wildman–Crippen MR) is 74.0 cm³/mol. The Hall–Kier alpha value is -0.640. The molecule has 0 aliphatic rings. The maximum atomic E-state index is 6.27. The molecule has 0 aliphatic heterocycles. The SMILES string of the molecule is Cc1cc(C(N)c2ccsc2C)ccc1Br. The number of benzene rings is 1. The van der Waals surface area contributed by atoms with E-state index in [0.29, 0.717) is 0 Å². The van der Waals surface area contributed by atoms with Gasteiger partial charge >= 0.3 is 0 Å². The molecule has 1 aromatic heterocycles. The zero-order valence-corrected chi connectivity index (χ0v) is 11.7. The van der Waals surface area contributed by atoms with Gasteiger partial charge in [0.1, 0.15) is 0 Å². The summed E-state index contributed by atoms with van der Waals surface area (Å²) in [6.45, 7) is 4.20. The molecule has 0 aliphatic carbocycles. The van der Waals surface area contributed by atoms with E-state index in [0.717, 1.165) is 4.47 Å². The lowest BCUT2D eigenvalue weighted by Gasteiger charge is -2.13. The molecule has 84 valence electrons. The summed E-state index contributed by atoms with van der Waals surface area (Å²) in [4.78, 5) is 1.30. The van der Waals surface area contributed by atoms with Crippen LogP contribution in [0.3, 0.4) is 0 Å². The van der Waals surface area contributed by atoms with Gasteiger partial charge in [0.25, 0.3) is 0 Å². The van der Waals surface area contributed by atoms with Crippen molar-refractivity contribution < 1.29 is 0 Å². The fourth-order valence-corrected chi connectivity index (χ4v) is 2.75. The van der Waals surface area contributed by atoms with Gasteiger partial charge < -0.3 is 5.73 Å². The lowest BCUT2D eigenvalue weighted by atomic mass is 9.99. The van der Waals surface area contributed by atoms with E-state index < -0.39 is 0 Å². The molecule has 3 heteroatoms. The first kappa shape index (κ1) is 11.8. The number of aryl methyl sites for hydroxylation is 2. The van der Waals surface area contributed by atoms with E-state index in [1.54, 1.807) is 11.3 Å². The molecule has 1 aromatic carbocycles. The summed E-state index contributed by atoms with van der Waals surface area (Å²) < 4.78 is 1.13. The van der Waals surface area contributed by atoms with Gasteiger partial charge in [-0.2, -0.15) is 0 Å². The van der Waals surface area contributed by atoms with Crippen LogP contribution in [-0.2, 0) is 0 Å². The number of nitrogens with two attached hydrogens (primary N) is 1. The molecule has 0 spiro atoms. The Morgan fingerprint density at radius 2 is 2.00 bits per heavy atom. The Kier molecular flexibility index (Phi) is 3.47. The van der Waals surface area contributed by atoms with Crippen LogP contribution in [-0.4, -0.2) is 0 Å². The first-order valence-corrected chi connectivity index (χ1v) is 6.82. The molecule has 0 radical (unpaired) electrons. The van der Waals surface area contributed by atoms with Crippen molar-refractivity contribution >= 4 is 27.3 Å². The van der Waals surface area contributed by atoms with Gasteiger partial charge in [0.15, 0.2) is 0 Å². The monoisotopic (exact) mass is 295 g/mol. The number of hydrogen-bond donors (Lipinski definition) is 1. The molecule has 0 saturated carbocycles. The highest BCUT2D eigenvalue weighted by atomic mass is 79.9. The van der Waals surface area contributed by atoms with Crippen molar-refractivity contribution in [1.82, 2.24) is 0 Å². The Bertz CT molecular complexity index is 504. The van der Waals surface area contributed by atoms with Crippen LogP contribution in [0.5, 0.6) is 0 Å². The van der Waals surface area contributed by atoms with Crippen LogP contribution in [0.4, 0.5) is 0 Å². The van der Waals surface area contributed by atoms with Crippen molar-refractivity contribution in [2.45, 2.75) is 19.9 Å². The molecule has 0 amide bonds. The molecule has 2 N–H and O–H groups in total. The molecular formula is C13H14BrNS. The lowest BCUT2D eigenvalue weighted by Crippen LogP contribution is -2.12. The Balaban J connectivity index is 2.38. The normalized spacial score (nSPS) is 12.8. The lowest BCUT2D eigenvalue weighted by molar-refractivity contribution is 0.867. The van der Waals surface area contributed by atoms with Crippen LogP contribution in [0, 0.1) is 13.8 Å². The molecule has 1 unspecified atom stereocenters. The van der Waals surface area contributed by atoms with Crippen LogP contribution < -0.4 is 5.73 Å². The average Bonchev–Trinajstić information content (AvgIpc) is 2.67. The predicted octanol–water partition coefficient (Wildman–Crippen LogP) is 4.18. The minimum absolute atomic E-state index is 0.0157. The van der Waals surface area contributed by atoms with Crippen molar-refractivity contribution in [2.24, 2.45) is 5.73 Å². The third kappa shape index (κ3) is 2.21. The number of thiophene rings is 1. The fourth-order valence-electron chi connectivity index (χ4n) is 1.76. The van der Waals surface area contributed by atoms with Gasteiger partial charge in [0, 0.05) is 9.35 Å². The Labute approximate surface area is 108 Å². The molecule has 0 bridgehead atoms. The van der Waals surface area contributed by atoms with Gasteiger partial charge in [-0.15, -0.1) is 11.3 Å². The maximum absolute atomic E-state index is 6.27. The summed E-state index contributed by atoms with van der Waals surface area (Å²) in [7, 11) is 0. The van der Waals surface area contributed by atoms with E-state index >= 15 is 0 Å². The summed E-state index contributed by atoms with van der Waals surface area (Å²) in [5.41, 5.74) is 9.89. The first-order chi connectivity index (χ1) is 7.59. The van der Waals surface area contributed by atoms with Crippen molar-refractivity contribution in [3.8, 4) is 0 Å². The van der Waals surface area contributed by atoms with E-state index in [-0.39, 0.29) is 6.04 Å². The highest BCUT2D eigenvalue weighted by Crippen LogP contribution is 2.28. The zero-order valence-electron chi connectivity index (χ0n) is 9.33. The largest absolute Gasteiger partial charge is 0.320 e. The smallest absolute Gasteiger partial charge is 0.0562 e. The average molecular weight is 296 g/mol. The summed E-state index contributed by atoms with van der Waals surface area (Å²) in [5.74, 6) is 0. The van der Waals surface area contributed by atoms with Crippen LogP contribution in [0.25, 0.3) is 0 Å². The van der Waals surface area contributed by atoms with Gasteiger partial charge in [-0.05, 0) is 48.1 Å². The molecule has 1 heterocycles. The molecule has 2 rings (SSSR count). The molecule has 0 saturated heterocycles. The molecule has 1 nitrogen and oxygen atoms in total. The standard InChI is InChI=1S/C13H14BrNS/c1-8-7-10(3-4-12(8)14)13(15)11-5-6-16-9(11)2/h3-7,13H,15H2,1-2H3. The zero-order chi connectivity index (χ0) is 11.7. The van der Waals surface area contributed by atoms with Gasteiger partial charge in [-0.25, -0.2) is 0 Å². The van der Waals surface area contributed by atoms with E-state index in [9.17, 15) is 0 Å². The van der Waals surface area contributed by atoms with Gasteiger partial charge in [-0.3, -0.25) is 0 Å². The van der Waals surface area contributed by atoms with Crippen LogP contribution in [0.2, 0.25) is 0 Å². The minimum Gasteiger partial charge on any atom is -0.320 e. The summed E-state index contributed by atoms with van der Waals surface area (Å²) in [6, 6.07) is 8.39. The summed E-state index contributed by atoms with van der Waals surface area (Å²) in [6.07, 6.45) is 0. The topological polar surface area (TPSA) is 26.0 Å². The number of hydrogen-bond acceptors (Lipinski definition) is 2. The van der Waals surface area contributed by atoms with Crippen molar-refractivity contribution in [3.63, 3.8) is 0 Å². The van der Waals surface area contributed by atoms with Crippen LogP contribution in [0.1, 0.15) is 27.6 Å². The molecule has 1 atom stereocenters. The van der Waals surface area contributed by atoms with Crippen LogP contribution >= 0.6 is 27.3 Å². The second-order valence-electron chi connectivity index (χ2n) is 3.92. The van der Waals surface area contributed by atoms with E-state index in [1.165, 1.54) is 21.6 Å². The first-order valence-electron chi connectivity index (χ1n) is 5.15. The van der Waals surface area contributed by atoms with E-state index in [4.69, 9.17) is 5.73 Å². The van der Waals surface area contributed by atoms with Crippen LogP contribution in [0.15, 0.2) is 34.1 Å². The molecular weight excluding hydrogens is 282 g/mol. The third-order valence-electron chi connectivity index (χ3n) is 2.78. The second-order valence-corrected chi connectivity index (χ2v) is 5.89. The number of rotatable bonds is 2. The molecule has 16 heavy (non-hydrogen) atoms.